The van der Waals surface area contributed by atoms with Crippen molar-refractivity contribution in [3.63, 3.8) is 0 Å². The van der Waals surface area contributed by atoms with E-state index in [4.69, 9.17) is 10.00 Å². The van der Waals surface area contributed by atoms with Gasteiger partial charge in [0.2, 0.25) is 0 Å². The molecule has 0 saturated carbocycles. The molecule has 0 saturated heterocycles. The Morgan fingerprint density at radius 1 is 1.29 bits per heavy atom. The summed E-state index contributed by atoms with van der Waals surface area (Å²) in [5.74, 6) is 1.32. The zero-order valence-corrected chi connectivity index (χ0v) is 13.2. The number of aliphatic hydroxyl groups excluding tert-OH is 1. The molecular formula is C17H26N2O2. The summed E-state index contributed by atoms with van der Waals surface area (Å²) >= 11 is 0. The second-order valence-electron chi connectivity index (χ2n) is 5.88. The third-order valence-corrected chi connectivity index (χ3v) is 3.28. The molecular weight excluding hydrogens is 264 g/mol. The number of nitrogens with zero attached hydrogens (tertiary/aromatic N) is 1. The lowest BCUT2D eigenvalue weighted by Crippen LogP contribution is -2.36. The number of rotatable bonds is 9. The summed E-state index contributed by atoms with van der Waals surface area (Å²) in [5.41, 5.74) is 0.558. The van der Waals surface area contributed by atoms with Crippen LogP contribution in [0.25, 0.3) is 0 Å². The van der Waals surface area contributed by atoms with Crippen LogP contribution in [-0.2, 0) is 0 Å². The van der Waals surface area contributed by atoms with E-state index in [1.807, 2.05) is 0 Å². The molecule has 0 heterocycles. The molecule has 1 rings (SSSR count). The summed E-state index contributed by atoms with van der Waals surface area (Å²) in [6.07, 6.45) is 1.73. The maximum absolute atomic E-state index is 9.91. The van der Waals surface area contributed by atoms with Gasteiger partial charge in [-0.05, 0) is 43.9 Å². The number of hydrogen-bond acceptors (Lipinski definition) is 4. The van der Waals surface area contributed by atoms with Crippen molar-refractivity contribution in [1.82, 2.24) is 5.32 Å². The summed E-state index contributed by atoms with van der Waals surface area (Å²) < 4.78 is 5.50. The van der Waals surface area contributed by atoms with Crippen molar-refractivity contribution in [3.05, 3.63) is 29.8 Å². The molecule has 0 amide bonds. The van der Waals surface area contributed by atoms with Gasteiger partial charge in [-0.1, -0.05) is 19.9 Å². The van der Waals surface area contributed by atoms with Crippen LogP contribution in [0.5, 0.6) is 5.75 Å². The monoisotopic (exact) mass is 290 g/mol. The van der Waals surface area contributed by atoms with Crippen LogP contribution in [0, 0.1) is 17.2 Å². The van der Waals surface area contributed by atoms with Crippen molar-refractivity contribution in [3.8, 4) is 11.8 Å². The Bertz CT molecular complexity index is 454. The lowest BCUT2D eigenvalue weighted by molar-refractivity contribution is 0.103. The van der Waals surface area contributed by atoms with E-state index in [9.17, 15) is 5.11 Å². The van der Waals surface area contributed by atoms with Crippen LogP contribution in [0.15, 0.2) is 24.3 Å². The van der Waals surface area contributed by atoms with E-state index in [2.05, 4.69) is 32.2 Å². The van der Waals surface area contributed by atoms with Crippen LogP contribution in [0.2, 0.25) is 0 Å². The van der Waals surface area contributed by atoms with Crippen LogP contribution in [-0.4, -0.2) is 30.4 Å². The average Bonchev–Trinajstić information content (AvgIpc) is 2.49. The maximum atomic E-state index is 9.91. The normalized spacial score (nSPS) is 13.7. The summed E-state index contributed by atoms with van der Waals surface area (Å²) in [4.78, 5) is 0. The molecule has 4 nitrogen and oxygen atoms in total. The Morgan fingerprint density at radius 3 is 2.71 bits per heavy atom. The molecule has 0 aliphatic carbocycles. The molecule has 0 bridgehead atoms. The predicted octanol–water partition coefficient (Wildman–Crippen LogP) is 2.71. The Kier molecular flexibility index (Phi) is 7.81. The first-order chi connectivity index (χ1) is 10.0. The van der Waals surface area contributed by atoms with E-state index in [0.29, 0.717) is 29.8 Å². The van der Waals surface area contributed by atoms with Crippen LogP contribution < -0.4 is 10.1 Å². The smallest absolute Gasteiger partial charge is 0.120 e. The van der Waals surface area contributed by atoms with Gasteiger partial charge in [0.05, 0.1) is 11.6 Å². The van der Waals surface area contributed by atoms with Crippen molar-refractivity contribution in [2.45, 2.75) is 45.8 Å². The van der Waals surface area contributed by atoms with E-state index in [1.54, 1.807) is 24.3 Å². The standard InChI is InChI=1S/C17H26N2O2/c1-13(2)7-8-14(3)19-11-16(20)12-21-17-6-4-5-15(9-17)10-18/h4-6,9,13-14,16,19-20H,7-8,11-12H2,1-3H3. The average molecular weight is 290 g/mol. The summed E-state index contributed by atoms with van der Waals surface area (Å²) in [7, 11) is 0. The maximum Gasteiger partial charge on any atom is 0.120 e. The molecule has 2 atom stereocenters. The number of nitriles is 1. The van der Waals surface area contributed by atoms with Gasteiger partial charge in [0, 0.05) is 12.6 Å². The predicted molar refractivity (Wildman–Crippen MR) is 84.2 cm³/mol. The lowest BCUT2D eigenvalue weighted by Gasteiger charge is -2.18. The van der Waals surface area contributed by atoms with Crippen molar-refractivity contribution in [2.24, 2.45) is 5.92 Å². The highest BCUT2D eigenvalue weighted by atomic mass is 16.5. The Balaban J connectivity index is 2.24. The van der Waals surface area contributed by atoms with E-state index in [-0.39, 0.29) is 6.61 Å². The molecule has 116 valence electrons. The molecule has 0 aromatic heterocycles. The second-order valence-corrected chi connectivity index (χ2v) is 5.88. The van der Waals surface area contributed by atoms with Gasteiger partial charge < -0.3 is 15.2 Å². The van der Waals surface area contributed by atoms with Gasteiger partial charge in [-0.3, -0.25) is 0 Å². The fraction of sp³-hybridized carbons (Fsp3) is 0.588. The number of benzene rings is 1. The molecule has 4 heteroatoms. The molecule has 21 heavy (non-hydrogen) atoms. The van der Waals surface area contributed by atoms with Gasteiger partial charge in [0.1, 0.15) is 18.5 Å². The molecule has 2 N–H and O–H groups in total. The molecule has 0 radical (unpaired) electrons. The van der Waals surface area contributed by atoms with Crippen molar-refractivity contribution >= 4 is 0 Å². The molecule has 2 unspecified atom stereocenters. The fourth-order valence-electron chi connectivity index (χ4n) is 1.93. The lowest BCUT2D eigenvalue weighted by atomic mass is 10.0. The highest BCUT2D eigenvalue weighted by Gasteiger charge is 2.09. The topological polar surface area (TPSA) is 65.3 Å². The van der Waals surface area contributed by atoms with Gasteiger partial charge in [-0.25, -0.2) is 0 Å². The zero-order chi connectivity index (χ0) is 15.7. The first kappa shape index (κ1) is 17.5. The molecule has 1 aromatic rings. The number of nitrogens with one attached hydrogen (secondary N) is 1. The van der Waals surface area contributed by atoms with Gasteiger partial charge >= 0.3 is 0 Å². The summed E-state index contributed by atoms with van der Waals surface area (Å²) in [6, 6.07) is 9.41. The SMILES string of the molecule is CC(C)CCC(C)NCC(O)COc1cccc(C#N)c1. The van der Waals surface area contributed by atoms with Crippen molar-refractivity contribution in [1.29, 1.82) is 5.26 Å². The van der Waals surface area contributed by atoms with Gasteiger partial charge in [0.15, 0.2) is 0 Å². The van der Waals surface area contributed by atoms with E-state index in [0.717, 1.165) is 6.42 Å². The molecule has 0 spiro atoms. The second kappa shape index (κ2) is 9.38. The minimum atomic E-state index is -0.558. The molecule has 0 aliphatic heterocycles. The molecule has 0 aliphatic rings. The summed E-state index contributed by atoms with van der Waals surface area (Å²) in [6.45, 7) is 7.29. The first-order valence-electron chi connectivity index (χ1n) is 7.55. The van der Waals surface area contributed by atoms with Crippen LogP contribution >= 0.6 is 0 Å². The molecule has 0 fully saturated rings. The third kappa shape index (κ3) is 7.69. The van der Waals surface area contributed by atoms with Gasteiger partial charge in [-0.2, -0.15) is 5.26 Å². The number of aliphatic hydroxyl groups is 1. The Hall–Kier alpha value is -1.57. The highest BCUT2D eigenvalue weighted by molar-refractivity contribution is 5.36. The van der Waals surface area contributed by atoms with Crippen molar-refractivity contribution in [2.75, 3.05) is 13.2 Å². The highest BCUT2D eigenvalue weighted by Crippen LogP contribution is 2.12. The number of ether oxygens (including phenoxy) is 1. The molecule has 1 aromatic carbocycles. The largest absolute Gasteiger partial charge is 0.491 e. The van der Waals surface area contributed by atoms with Gasteiger partial charge in [-0.15, -0.1) is 0 Å². The third-order valence-electron chi connectivity index (χ3n) is 3.28. The van der Waals surface area contributed by atoms with Crippen LogP contribution in [0.3, 0.4) is 0 Å². The van der Waals surface area contributed by atoms with E-state index in [1.165, 1.54) is 6.42 Å². The van der Waals surface area contributed by atoms with Gasteiger partial charge in [0.25, 0.3) is 0 Å². The van der Waals surface area contributed by atoms with E-state index < -0.39 is 6.10 Å². The Morgan fingerprint density at radius 2 is 2.05 bits per heavy atom. The minimum absolute atomic E-state index is 0.221. The fourth-order valence-corrected chi connectivity index (χ4v) is 1.93. The minimum Gasteiger partial charge on any atom is -0.491 e. The van der Waals surface area contributed by atoms with Crippen LogP contribution in [0.4, 0.5) is 0 Å². The quantitative estimate of drug-likeness (QED) is 0.734. The summed E-state index contributed by atoms with van der Waals surface area (Å²) in [5, 5.41) is 22.0. The van der Waals surface area contributed by atoms with E-state index >= 15 is 0 Å². The van der Waals surface area contributed by atoms with Crippen molar-refractivity contribution < 1.29 is 9.84 Å². The van der Waals surface area contributed by atoms with Crippen LogP contribution in [0.1, 0.15) is 39.2 Å². The Labute approximate surface area is 127 Å². The zero-order valence-electron chi connectivity index (χ0n) is 13.2. The first-order valence-corrected chi connectivity index (χ1v) is 7.55. The number of hydrogen-bond donors (Lipinski definition) is 2.